The summed E-state index contributed by atoms with van der Waals surface area (Å²) in [6.45, 7) is 0.298. The second kappa shape index (κ2) is 9.23. The summed E-state index contributed by atoms with van der Waals surface area (Å²) in [4.78, 5) is 12.1. The number of methoxy groups -OCH3 is 1. The van der Waals surface area contributed by atoms with Crippen LogP contribution in [-0.4, -0.2) is 54.6 Å². The topological polar surface area (TPSA) is 100 Å². The molecule has 9 heteroatoms. The van der Waals surface area contributed by atoms with Gasteiger partial charge in [-0.25, -0.2) is 4.79 Å². The number of ether oxygens (including phenoxy) is 4. The van der Waals surface area contributed by atoms with Gasteiger partial charge in [0.2, 0.25) is 0 Å². The molecule has 0 radical (unpaired) electrons. The predicted octanol–water partition coefficient (Wildman–Crippen LogP) is 3.31. The first-order chi connectivity index (χ1) is 14.5. The van der Waals surface area contributed by atoms with Gasteiger partial charge < -0.3 is 29.8 Å². The van der Waals surface area contributed by atoms with E-state index in [0.717, 1.165) is 5.56 Å². The van der Waals surface area contributed by atoms with Gasteiger partial charge in [-0.3, -0.25) is 0 Å². The largest absolute Gasteiger partial charge is 0.478 e. The maximum absolute atomic E-state index is 11.6. The second-order valence-electron chi connectivity index (χ2n) is 7.06. The van der Waals surface area contributed by atoms with Crippen LogP contribution < -0.4 is 5.73 Å². The van der Waals surface area contributed by atoms with Gasteiger partial charge in [-0.1, -0.05) is 53.7 Å². The van der Waals surface area contributed by atoms with Crippen molar-refractivity contribution in [3.05, 3.63) is 64.7 Å². The smallest absolute Gasteiger partial charge is 0.336 e. The summed E-state index contributed by atoms with van der Waals surface area (Å²) in [5, 5.41) is 9.93. The van der Waals surface area contributed by atoms with Crippen molar-refractivity contribution >= 4 is 29.3 Å². The first kappa shape index (κ1) is 21.6. The summed E-state index contributed by atoms with van der Waals surface area (Å²) >= 11 is 7.30. The van der Waals surface area contributed by atoms with E-state index in [0.29, 0.717) is 16.5 Å². The lowest BCUT2D eigenvalue weighted by atomic mass is 9.97. The molecule has 3 N–H and O–H groups in total. The molecule has 2 saturated heterocycles. The zero-order chi connectivity index (χ0) is 21.3. The van der Waals surface area contributed by atoms with Crippen molar-refractivity contribution in [3.63, 3.8) is 0 Å². The van der Waals surface area contributed by atoms with Crippen molar-refractivity contribution in [2.75, 3.05) is 13.7 Å². The molecule has 2 aliphatic heterocycles. The van der Waals surface area contributed by atoms with Gasteiger partial charge in [0.05, 0.1) is 18.2 Å². The Morgan fingerprint density at radius 2 is 2.00 bits per heavy atom. The second-order valence-corrected chi connectivity index (χ2v) is 8.64. The summed E-state index contributed by atoms with van der Waals surface area (Å²) in [6.07, 6.45) is -1.89. The molecule has 6 atom stereocenters. The minimum absolute atomic E-state index is 0.138. The lowest BCUT2D eigenvalue weighted by Crippen LogP contribution is -2.64. The van der Waals surface area contributed by atoms with Crippen molar-refractivity contribution in [1.29, 1.82) is 0 Å². The highest BCUT2D eigenvalue weighted by molar-refractivity contribution is 8.00. The number of hydrogen-bond donors (Lipinski definition) is 2. The number of carboxylic acid groups (broad SMARTS) is 1. The Bertz CT molecular complexity index is 900. The van der Waals surface area contributed by atoms with Crippen LogP contribution in [0.1, 0.15) is 22.2 Å². The molecular weight excluding hydrogens is 430 g/mol. The Labute approximate surface area is 183 Å². The maximum Gasteiger partial charge on any atom is 0.336 e. The van der Waals surface area contributed by atoms with Crippen LogP contribution in [0.4, 0.5) is 0 Å². The van der Waals surface area contributed by atoms with E-state index in [4.69, 9.17) is 36.3 Å². The number of thioether (sulfide) groups is 1. The molecule has 2 fully saturated rings. The molecule has 0 aromatic heterocycles. The van der Waals surface area contributed by atoms with Crippen molar-refractivity contribution in [2.45, 2.75) is 41.0 Å². The van der Waals surface area contributed by atoms with Crippen LogP contribution >= 0.6 is 23.4 Å². The van der Waals surface area contributed by atoms with Crippen molar-refractivity contribution < 1.29 is 28.8 Å². The fourth-order valence-electron chi connectivity index (χ4n) is 3.66. The third-order valence-corrected chi connectivity index (χ3v) is 6.59. The van der Waals surface area contributed by atoms with Gasteiger partial charge in [0.1, 0.15) is 23.7 Å². The van der Waals surface area contributed by atoms with Gasteiger partial charge in [-0.2, -0.15) is 0 Å². The van der Waals surface area contributed by atoms with E-state index in [1.807, 2.05) is 30.3 Å². The summed E-state index contributed by atoms with van der Waals surface area (Å²) < 4.78 is 23.8. The Morgan fingerprint density at radius 1 is 1.23 bits per heavy atom. The highest BCUT2D eigenvalue weighted by Gasteiger charge is 2.49. The molecule has 30 heavy (non-hydrogen) atoms. The first-order valence-corrected chi connectivity index (χ1v) is 10.7. The third kappa shape index (κ3) is 4.36. The lowest BCUT2D eigenvalue weighted by Gasteiger charge is -2.48. The molecule has 6 unspecified atom stereocenters. The molecule has 4 rings (SSSR count). The number of rotatable bonds is 5. The molecule has 2 aromatic carbocycles. The number of carbonyl (C=O) groups is 1. The molecule has 2 aliphatic rings. The van der Waals surface area contributed by atoms with Crippen molar-refractivity contribution in [2.24, 2.45) is 5.73 Å². The van der Waals surface area contributed by atoms with Gasteiger partial charge >= 0.3 is 5.97 Å². The Hall–Kier alpha value is -1.65. The van der Waals surface area contributed by atoms with E-state index in [1.54, 1.807) is 19.2 Å². The van der Waals surface area contributed by atoms with E-state index in [9.17, 15) is 9.90 Å². The molecule has 2 heterocycles. The molecule has 7 nitrogen and oxygen atoms in total. The van der Waals surface area contributed by atoms with Gasteiger partial charge in [0.25, 0.3) is 0 Å². The van der Waals surface area contributed by atoms with Crippen LogP contribution in [0.2, 0.25) is 5.02 Å². The van der Waals surface area contributed by atoms with Gasteiger partial charge in [0, 0.05) is 22.6 Å². The average molecular weight is 452 g/mol. The van der Waals surface area contributed by atoms with Crippen LogP contribution in [0.5, 0.6) is 0 Å². The zero-order valence-corrected chi connectivity index (χ0v) is 17.7. The van der Waals surface area contributed by atoms with E-state index in [2.05, 4.69) is 0 Å². The summed E-state index contributed by atoms with van der Waals surface area (Å²) in [7, 11) is 1.55. The first-order valence-electron chi connectivity index (χ1n) is 9.43. The molecule has 0 spiro atoms. The average Bonchev–Trinajstić information content (AvgIpc) is 2.74. The molecule has 0 aliphatic carbocycles. The third-order valence-electron chi connectivity index (χ3n) is 5.16. The molecular formula is C21H22ClNO6S. The molecule has 2 aromatic rings. The normalized spacial score (nSPS) is 31.2. The Morgan fingerprint density at radius 3 is 2.70 bits per heavy atom. The SMILES string of the molecule is COC1C(Sc2cc(Cl)ccc2C(=O)O)OC2COC(c3ccccc3)OC2C1N. The molecule has 160 valence electrons. The number of fused-ring (bicyclic) bond motifs is 1. The minimum Gasteiger partial charge on any atom is -0.478 e. The summed E-state index contributed by atoms with van der Waals surface area (Å²) in [5.74, 6) is -1.05. The minimum atomic E-state index is -1.05. The number of benzene rings is 2. The number of carboxylic acids is 1. The van der Waals surface area contributed by atoms with Crippen LogP contribution in [0, 0.1) is 0 Å². The number of nitrogens with two attached hydrogens (primary N) is 1. The highest BCUT2D eigenvalue weighted by atomic mass is 35.5. The van der Waals surface area contributed by atoms with Crippen LogP contribution in [0.25, 0.3) is 0 Å². The number of halogens is 1. The fourth-order valence-corrected chi connectivity index (χ4v) is 5.25. The summed E-state index contributed by atoms with van der Waals surface area (Å²) in [6, 6.07) is 13.7. The quantitative estimate of drug-likeness (QED) is 0.714. The van der Waals surface area contributed by atoms with E-state index in [1.165, 1.54) is 17.8 Å². The van der Waals surface area contributed by atoms with E-state index in [-0.39, 0.29) is 5.56 Å². The van der Waals surface area contributed by atoms with Crippen molar-refractivity contribution in [1.82, 2.24) is 0 Å². The number of hydrogen-bond acceptors (Lipinski definition) is 7. The van der Waals surface area contributed by atoms with Gasteiger partial charge in [0.15, 0.2) is 6.29 Å². The maximum atomic E-state index is 11.6. The van der Waals surface area contributed by atoms with Crippen LogP contribution in [0.3, 0.4) is 0 Å². The number of aromatic carboxylic acids is 1. The molecule has 0 saturated carbocycles. The molecule has 0 bridgehead atoms. The van der Waals surface area contributed by atoms with Crippen molar-refractivity contribution in [3.8, 4) is 0 Å². The monoisotopic (exact) mass is 451 g/mol. The highest BCUT2D eigenvalue weighted by Crippen LogP contribution is 2.40. The van der Waals surface area contributed by atoms with Gasteiger partial charge in [-0.05, 0) is 18.2 Å². The van der Waals surface area contributed by atoms with E-state index >= 15 is 0 Å². The standard InChI is InChI=1S/C21H22ClNO6S/c1-26-18-16(23)17-14(10-27-20(29-17)11-5-3-2-4-6-11)28-21(18)30-15-9-12(22)7-8-13(15)19(24)25/h2-9,14,16-18,20-21H,10,23H2,1H3,(H,24,25). The van der Waals surface area contributed by atoms with Crippen LogP contribution in [0.15, 0.2) is 53.4 Å². The van der Waals surface area contributed by atoms with E-state index < -0.39 is 42.0 Å². The Balaban J connectivity index is 1.54. The summed E-state index contributed by atoms with van der Waals surface area (Å²) in [5.41, 5.74) is 7.00. The fraction of sp³-hybridized carbons (Fsp3) is 0.381. The van der Waals surface area contributed by atoms with Gasteiger partial charge in [-0.15, -0.1) is 0 Å². The Kier molecular flexibility index (Phi) is 6.64. The molecule has 0 amide bonds. The van der Waals surface area contributed by atoms with Crippen LogP contribution in [-0.2, 0) is 18.9 Å². The lowest BCUT2D eigenvalue weighted by molar-refractivity contribution is -0.298. The zero-order valence-electron chi connectivity index (χ0n) is 16.1. The predicted molar refractivity (Wildman–Crippen MR) is 112 cm³/mol.